The summed E-state index contributed by atoms with van der Waals surface area (Å²) >= 11 is 0. The van der Waals surface area contributed by atoms with E-state index in [1.807, 2.05) is 0 Å². The van der Waals surface area contributed by atoms with Gasteiger partial charge in [-0.2, -0.15) is 0 Å². The molecular weight excluding hydrogens is 512 g/mol. The van der Waals surface area contributed by atoms with Gasteiger partial charge in [0, 0.05) is 12.2 Å². The van der Waals surface area contributed by atoms with E-state index in [9.17, 15) is 19.2 Å². The van der Waals surface area contributed by atoms with Crippen LogP contribution in [0.3, 0.4) is 0 Å². The fraction of sp³-hybridized carbons (Fsp3) is 0. The monoisotopic (exact) mass is 534 g/mol. The number of rotatable bonds is 9. The summed E-state index contributed by atoms with van der Waals surface area (Å²) in [5.41, 5.74) is 2.31. The van der Waals surface area contributed by atoms with Gasteiger partial charge in [0.05, 0.1) is 11.1 Å². The number of hydrogen-bond acceptors (Lipinski definition) is 8. The minimum atomic E-state index is -0.615. The molecule has 0 aliphatic heterocycles. The topological polar surface area (TPSA) is 105 Å². The predicted octanol–water partition coefficient (Wildman–Crippen LogP) is 5.97. The van der Waals surface area contributed by atoms with Crippen LogP contribution in [0.4, 0.5) is 0 Å². The number of carbonyl (C=O) groups is 4. The molecule has 8 nitrogen and oxygen atoms in total. The van der Waals surface area contributed by atoms with Crippen LogP contribution >= 0.6 is 0 Å². The first-order valence-electron chi connectivity index (χ1n) is 11.9. The molecular formula is C32H22O8. The average molecular weight is 535 g/mol. The molecule has 4 aromatic carbocycles. The normalized spacial score (nSPS) is 10.1. The maximum atomic E-state index is 12.6. The summed E-state index contributed by atoms with van der Waals surface area (Å²) in [6.45, 7) is 6.69. The average Bonchev–Trinajstić information content (AvgIpc) is 2.98. The second-order valence-corrected chi connectivity index (χ2v) is 8.13. The quantitative estimate of drug-likeness (QED) is 0.147. The van der Waals surface area contributed by atoms with Gasteiger partial charge in [-0.25, -0.2) is 19.2 Å². The highest BCUT2D eigenvalue weighted by Crippen LogP contribution is 2.24. The molecule has 4 aromatic rings. The molecule has 0 radical (unpaired) electrons. The van der Waals surface area contributed by atoms with E-state index in [1.54, 1.807) is 48.5 Å². The van der Waals surface area contributed by atoms with E-state index in [1.165, 1.54) is 48.5 Å². The Hall–Kier alpha value is -5.76. The molecule has 4 rings (SSSR count). The van der Waals surface area contributed by atoms with Gasteiger partial charge in [-0.05, 0) is 83.9 Å². The molecule has 40 heavy (non-hydrogen) atoms. The Morgan fingerprint density at radius 1 is 0.425 bits per heavy atom. The lowest BCUT2D eigenvalue weighted by Gasteiger charge is -2.08. The molecule has 0 saturated heterocycles. The summed E-state index contributed by atoms with van der Waals surface area (Å²) in [5.74, 6) is -1.12. The first-order chi connectivity index (χ1) is 19.3. The van der Waals surface area contributed by atoms with E-state index in [-0.39, 0.29) is 22.8 Å². The minimum absolute atomic E-state index is 0.247. The predicted molar refractivity (Wildman–Crippen MR) is 146 cm³/mol. The Labute approximate surface area is 229 Å². The van der Waals surface area contributed by atoms with Crippen molar-refractivity contribution in [2.75, 3.05) is 0 Å². The van der Waals surface area contributed by atoms with Crippen LogP contribution in [-0.2, 0) is 9.59 Å². The van der Waals surface area contributed by atoms with Crippen molar-refractivity contribution in [2.45, 2.75) is 0 Å². The van der Waals surface area contributed by atoms with Gasteiger partial charge in [0.2, 0.25) is 0 Å². The molecule has 8 heteroatoms. The summed E-state index contributed by atoms with van der Waals surface area (Å²) in [6, 6.07) is 25.6. The number of esters is 4. The lowest BCUT2D eigenvalue weighted by atomic mass is 10.0. The number of ether oxygens (including phenoxy) is 4. The van der Waals surface area contributed by atoms with E-state index in [2.05, 4.69) is 13.2 Å². The van der Waals surface area contributed by atoms with Crippen LogP contribution in [0.5, 0.6) is 23.0 Å². The van der Waals surface area contributed by atoms with Crippen molar-refractivity contribution in [3.05, 3.63) is 133 Å². The molecule has 0 fully saturated rings. The smallest absolute Gasteiger partial charge is 0.343 e. The van der Waals surface area contributed by atoms with Crippen LogP contribution in [0.15, 0.2) is 122 Å². The van der Waals surface area contributed by atoms with E-state index >= 15 is 0 Å². The fourth-order valence-corrected chi connectivity index (χ4v) is 3.40. The lowest BCUT2D eigenvalue weighted by Crippen LogP contribution is -2.10. The zero-order valence-electron chi connectivity index (χ0n) is 21.1. The molecule has 0 spiro atoms. The number of benzene rings is 4. The van der Waals surface area contributed by atoms with Crippen LogP contribution < -0.4 is 18.9 Å². The summed E-state index contributed by atoms with van der Waals surface area (Å²) in [7, 11) is 0. The largest absolute Gasteiger partial charge is 0.423 e. The SMILES string of the molecule is C=CC(=O)Oc1ccc(OC(=O)c2ccc(OC(=O)c3ccc(-c4ccc(OC(=O)C=C)cc4)cc3)cc2)cc1. The van der Waals surface area contributed by atoms with Crippen LogP contribution in [0.25, 0.3) is 11.1 Å². The number of hydrogen-bond donors (Lipinski definition) is 0. The summed E-state index contributed by atoms with van der Waals surface area (Å²) in [5, 5.41) is 0. The molecule has 198 valence electrons. The van der Waals surface area contributed by atoms with E-state index in [0.29, 0.717) is 11.3 Å². The van der Waals surface area contributed by atoms with Crippen molar-refractivity contribution >= 4 is 23.9 Å². The zero-order chi connectivity index (χ0) is 28.5. The van der Waals surface area contributed by atoms with Crippen LogP contribution in [0.2, 0.25) is 0 Å². The Morgan fingerprint density at radius 3 is 1.07 bits per heavy atom. The fourth-order valence-electron chi connectivity index (χ4n) is 3.40. The highest BCUT2D eigenvalue weighted by Gasteiger charge is 2.13. The Balaban J connectivity index is 1.32. The van der Waals surface area contributed by atoms with Crippen molar-refractivity contribution in [2.24, 2.45) is 0 Å². The van der Waals surface area contributed by atoms with Crippen molar-refractivity contribution in [1.82, 2.24) is 0 Å². The molecule has 0 bridgehead atoms. The summed E-state index contributed by atoms with van der Waals surface area (Å²) in [4.78, 5) is 47.6. The molecule has 0 saturated carbocycles. The lowest BCUT2D eigenvalue weighted by molar-refractivity contribution is -0.129. The molecule has 0 amide bonds. The third-order valence-corrected chi connectivity index (χ3v) is 5.41. The van der Waals surface area contributed by atoms with Crippen LogP contribution in [0.1, 0.15) is 20.7 Å². The molecule has 0 N–H and O–H groups in total. The van der Waals surface area contributed by atoms with E-state index in [4.69, 9.17) is 18.9 Å². The maximum Gasteiger partial charge on any atom is 0.343 e. The first kappa shape index (κ1) is 27.3. The summed E-state index contributed by atoms with van der Waals surface area (Å²) in [6.07, 6.45) is 2.13. The molecule has 0 aromatic heterocycles. The zero-order valence-corrected chi connectivity index (χ0v) is 21.1. The van der Waals surface area contributed by atoms with Gasteiger partial charge < -0.3 is 18.9 Å². The van der Waals surface area contributed by atoms with Gasteiger partial charge in [-0.3, -0.25) is 0 Å². The number of carbonyl (C=O) groups excluding carboxylic acids is 4. The van der Waals surface area contributed by atoms with E-state index in [0.717, 1.165) is 23.3 Å². The van der Waals surface area contributed by atoms with E-state index < -0.39 is 23.9 Å². The van der Waals surface area contributed by atoms with Crippen LogP contribution in [-0.4, -0.2) is 23.9 Å². The molecule has 0 heterocycles. The van der Waals surface area contributed by atoms with Gasteiger partial charge >= 0.3 is 23.9 Å². The second-order valence-electron chi connectivity index (χ2n) is 8.13. The van der Waals surface area contributed by atoms with Gasteiger partial charge in [-0.1, -0.05) is 37.4 Å². The third-order valence-electron chi connectivity index (χ3n) is 5.41. The Morgan fingerprint density at radius 2 is 0.700 bits per heavy atom. The van der Waals surface area contributed by atoms with Crippen molar-refractivity contribution in [3.8, 4) is 34.1 Å². The van der Waals surface area contributed by atoms with Gasteiger partial charge in [0.25, 0.3) is 0 Å². The van der Waals surface area contributed by atoms with Gasteiger partial charge in [0.15, 0.2) is 0 Å². The van der Waals surface area contributed by atoms with Crippen LogP contribution in [0, 0.1) is 0 Å². The van der Waals surface area contributed by atoms with Crippen molar-refractivity contribution < 1.29 is 38.1 Å². The first-order valence-corrected chi connectivity index (χ1v) is 11.9. The minimum Gasteiger partial charge on any atom is -0.423 e. The Bertz CT molecular complexity index is 1550. The highest BCUT2D eigenvalue weighted by molar-refractivity contribution is 5.93. The second kappa shape index (κ2) is 12.7. The maximum absolute atomic E-state index is 12.6. The molecule has 0 aliphatic rings. The Kier molecular flexibility index (Phi) is 8.63. The molecule has 0 aliphatic carbocycles. The summed E-state index contributed by atoms with van der Waals surface area (Å²) < 4.78 is 20.8. The van der Waals surface area contributed by atoms with Crippen molar-refractivity contribution in [3.63, 3.8) is 0 Å². The molecule has 0 atom stereocenters. The standard InChI is InChI=1S/C32H22O8/c1-3-29(33)37-25-13-9-22(10-14-25)21-5-7-23(8-6-21)31(35)39-27-15-11-24(12-16-27)32(36)40-28-19-17-26(18-20-28)38-30(34)4-2/h3-20H,1-2H2. The third kappa shape index (κ3) is 7.17. The molecule has 0 unspecified atom stereocenters. The highest BCUT2D eigenvalue weighted by atomic mass is 16.5. The van der Waals surface area contributed by atoms with Crippen molar-refractivity contribution in [1.29, 1.82) is 0 Å². The van der Waals surface area contributed by atoms with Gasteiger partial charge in [-0.15, -0.1) is 0 Å². The van der Waals surface area contributed by atoms with Gasteiger partial charge in [0.1, 0.15) is 23.0 Å².